The number of rotatable bonds is 8. The topological polar surface area (TPSA) is 116 Å². The van der Waals surface area contributed by atoms with E-state index in [2.05, 4.69) is 10.6 Å². The van der Waals surface area contributed by atoms with Crippen molar-refractivity contribution in [2.75, 3.05) is 13.1 Å². The Kier molecular flexibility index (Phi) is 5.69. The summed E-state index contributed by atoms with van der Waals surface area (Å²) in [5.41, 5.74) is -0.978. The molecular formula is C13H21N3O5. The Bertz CT molecular complexity index is 447. The highest BCUT2D eigenvalue weighted by Crippen LogP contribution is 2.15. The summed E-state index contributed by atoms with van der Waals surface area (Å²) in [6.07, 6.45) is 2.03. The van der Waals surface area contributed by atoms with E-state index in [1.807, 2.05) is 0 Å². The molecule has 0 aromatic rings. The first-order valence-electron chi connectivity index (χ1n) is 6.86. The highest BCUT2D eigenvalue weighted by atomic mass is 16.4. The molecule has 0 aromatic carbocycles. The molecule has 0 radical (unpaired) electrons. The number of imide groups is 1. The van der Waals surface area contributed by atoms with Crippen molar-refractivity contribution in [3.05, 3.63) is 0 Å². The number of carboxylic acids is 1. The molecule has 1 fully saturated rings. The summed E-state index contributed by atoms with van der Waals surface area (Å²) in [6, 6.07) is -0.568. The van der Waals surface area contributed by atoms with Crippen LogP contribution in [0.25, 0.3) is 0 Å². The van der Waals surface area contributed by atoms with Crippen LogP contribution in [0.5, 0.6) is 0 Å². The predicted molar refractivity (Wildman–Crippen MR) is 73.4 cm³/mol. The number of urea groups is 1. The molecule has 0 spiro atoms. The van der Waals surface area contributed by atoms with E-state index in [1.165, 1.54) is 0 Å². The third-order valence-electron chi connectivity index (χ3n) is 3.14. The van der Waals surface area contributed by atoms with Crippen molar-refractivity contribution in [2.45, 2.75) is 45.1 Å². The number of carboxylic acid groups (broad SMARTS) is 1. The molecule has 0 aliphatic carbocycles. The number of carbonyl (C=O) groups excluding carboxylic acids is 3. The Morgan fingerprint density at radius 1 is 1.24 bits per heavy atom. The molecule has 0 bridgehead atoms. The van der Waals surface area contributed by atoms with Crippen molar-refractivity contribution in [3.8, 4) is 0 Å². The van der Waals surface area contributed by atoms with Crippen LogP contribution in [0, 0.1) is 0 Å². The zero-order valence-corrected chi connectivity index (χ0v) is 12.3. The largest absolute Gasteiger partial charge is 0.481 e. The van der Waals surface area contributed by atoms with Crippen molar-refractivity contribution < 1.29 is 24.3 Å². The van der Waals surface area contributed by atoms with E-state index in [4.69, 9.17) is 5.11 Å². The van der Waals surface area contributed by atoms with Gasteiger partial charge in [-0.05, 0) is 26.7 Å². The summed E-state index contributed by atoms with van der Waals surface area (Å²) in [7, 11) is 0. The summed E-state index contributed by atoms with van der Waals surface area (Å²) < 4.78 is 0. The lowest BCUT2D eigenvalue weighted by Crippen LogP contribution is -2.43. The quantitative estimate of drug-likeness (QED) is 0.433. The Morgan fingerprint density at radius 2 is 1.90 bits per heavy atom. The van der Waals surface area contributed by atoms with Crippen molar-refractivity contribution in [1.82, 2.24) is 15.5 Å². The Balaban J connectivity index is 2.24. The van der Waals surface area contributed by atoms with E-state index >= 15 is 0 Å². The molecule has 1 rings (SSSR count). The van der Waals surface area contributed by atoms with Crippen molar-refractivity contribution in [2.24, 2.45) is 0 Å². The van der Waals surface area contributed by atoms with Gasteiger partial charge in [0.05, 0.1) is 0 Å². The van der Waals surface area contributed by atoms with Gasteiger partial charge in [0.1, 0.15) is 12.1 Å². The van der Waals surface area contributed by atoms with Gasteiger partial charge in [0.15, 0.2) is 0 Å². The fourth-order valence-corrected chi connectivity index (χ4v) is 1.97. The fourth-order valence-electron chi connectivity index (χ4n) is 1.97. The lowest BCUT2D eigenvalue weighted by molar-refractivity contribution is -0.137. The molecule has 8 heteroatoms. The molecule has 21 heavy (non-hydrogen) atoms. The van der Waals surface area contributed by atoms with E-state index in [1.54, 1.807) is 13.8 Å². The second-order valence-corrected chi connectivity index (χ2v) is 5.50. The highest BCUT2D eigenvalue weighted by molar-refractivity contribution is 6.08. The molecule has 0 saturated carbocycles. The highest BCUT2D eigenvalue weighted by Gasteiger charge is 2.44. The van der Waals surface area contributed by atoms with Gasteiger partial charge in [-0.15, -0.1) is 0 Å². The summed E-state index contributed by atoms with van der Waals surface area (Å²) in [6.45, 7) is 3.25. The van der Waals surface area contributed by atoms with Crippen molar-refractivity contribution in [3.63, 3.8) is 0 Å². The molecule has 0 aromatic heterocycles. The molecule has 1 saturated heterocycles. The van der Waals surface area contributed by atoms with Crippen LogP contribution in [0.4, 0.5) is 4.79 Å². The SMILES string of the molecule is CC1(C)NC(=O)N(CC(=O)NCCCCCC(=O)O)C1=O. The van der Waals surface area contributed by atoms with Gasteiger partial charge in [-0.1, -0.05) is 6.42 Å². The van der Waals surface area contributed by atoms with Gasteiger partial charge in [-0.25, -0.2) is 4.79 Å². The third kappa shape index (κ3) is 5.05. The van der Waals surface area contributed by atoms with Gasteiger partial charge in [0, 0.05) is 13.0 Å². The van der Waals surface area contributed by atoms with Gasteiger partial charge >= 0.3 is 12.0 Å². The van der Waals surface area contributed by atoms with E-state index in [0.29, 0.717) is 25.8 Å². The van der Waals surface area contributed by atoms with E-state index in [9.17, 15) is 19.2 Å². The maximum atomic E-state index is 11.9. The average molecular weight is 299 g/mol. The Labute approximate surface area is 122 Å². The summed E-state index contributed by atoms with van der Waals surface area (Å²) in [4.78, 5) is 46.3. The molecular weight excluding hydrogens is 278 g/mol. The van der Waals surface area contributed by atoms with Crippen LogP contribution in [0.15, 0.2) is 0 Å². The molecule has 4 amide bonds. The molecule has 118 valence electrons. The standard InChI is InChI=1S/C13H21N3O5/c1-13(2)11(20)16(12(21)15-13)8-9(17)14-7-5-3-4-6-10(18)19/h3-8H2,1-2H3,(H,14,17)(H,15,21)(H,18,19). The number of hydrogen-bond donors (Lipinski definition) is 3. The maximum Gasteiger partial charge on any atom is 0.325 e. The number of nitrogens with zero attached hydrogens (tertiary/aromatic N) is 1. The zero-order valence-electron chi connectivity index (χ0n) is 12.3. The van der Waals surface area contributed by atoms with Crippen LogP contribution in [-0.2, 0) is 14.4 Å². The molecule has 8 nitrogen and oxygen atoms in total. The molecule has 3 N–H and O–H groups in total. The Hall–Kier alpha value is -2.12. The number of carbonyl (C=O) groups is 4. The van der Waals surface area contributed by atoms with Gasteiger partial charge in [0.2, 0.25) is 5.91 Å². The molecule has 1 aliphatic rings. The average Bonchev–Trinajstić information content (AvgIpc) is 2.55. The van der Waals surface area contributed by atoms with Gasteiger partial charge < -0.3 is 15.7 Å². The van der Waals surface area contributed by atoms with Crippen LogP contribution < -0.4 is 10.6 Å². The minimum Gasteiger partial charge on any atom is -0.481 e. The first-order valence-corrected chi connectivity index (χ1v) is 6.86. The number of hydrogen-bond acceptors (Lipinski definition) is 4. The molecule has 1 aliphatic heterocycles. The molecule has 0 atom stereocenters. The summed E-state index contributed by atoms with van der Waals surface area (Å²) in [5, 5.41) is 13.6. The van der Waals surface area contributed by atoms with Crippen LogP contribution in [0.3, 0.4) is 0 Å². The predicted octanol–water partition coefficient (Wildman–Crippen LogP) is 0.0780. The smallest absolute Gasteiger partial charge is 0.325 e. The molecule has 1 heterocycles. The second-order valence-electron chi connectivity index (χ2n) is 5.50. The molecule has 0 unspecified atom stereocenters. The van der Waals surface area contributed by atoms with Crippen LogP contribution in [0.2, 0.25) is 0 Å². The third-order valence-corrected chi connectivity index (χ3v) is 3.14. The monoisotopic (exact) mass is 299 g/mol. The number of amides is 4. The number of aliphatic carboxylic acids is 1. The maximum absolute atomic E-state index is 11.9. The van der Waals surface area contributed by atoms with Crippen LogP contribution in [-0.4, -0.2) is 52.4 Å². The van der Waals surface area contributed by atoms with Crippen LogP contribution >= 0.6 is 0 Å². The van der Waals surface area contributed by atoms with Crippen LogP contribution in [0.1, 0.15) is 39.5 Å². The lowest BCUT2D eigenvalue weighted by atomic mass is 10.1. The van der Waals surface area contributed by atoms with Gasteiger partial charge in [-0.2, -0.15) is 0 Å². The normalized spacial score (nSPS) is 16.8. The lowest BCUT2D eigenvalue weighted by Gasteiger charge is -2.15. The first-order chi connectivity index (χ1) is 9.74. The first kappa shape index (κ1) is 16.9. The van der Waals surface area contributed by atoms with Crippen molar-refractivity contribution >= 4 is 23.8 Å². The van der Waals surface area contributed by atoms with Gasteiger partial charge in [-0.3, -0.25) is 19.3 Å². The van der Waals surface area contributed by atoms with E-state index in [-0.39, 0.29) is 13.0 Å². The second kappa shape index (κ2) is 7.05. The van der Waals surface area contributed by atoms with Crippen molar-refractivity contribution in [1.29, 1.82) is 0 Å². The minimum atomic E-state index is -0.978. The number of unbranched alkanes of at least 4 members (excludes halogenated alkanes) is 2. The number of nitrogens with one attached hydrogen (secondary N) is 2. The minimum absolute atomic E-state index is 0.117. The zero-order chi connectivity index (χ0) is 16.0. The Morgan fingerprint density at radius 3 is 2.43 bits per heavy atom. The summed E-state index contributed by atoms with van der Waals surface area (Å²) >= 11 is 0. The fraction of sp³-hybridized carbons (Fsp3) is 0.692. The van der Waals surface area contributed by atoms with E-state index < -0.39 is 29.4 Å². The van der Waals surface area contributed by atoms with E-state index in [0.717, 1.165) is 4.90 Å². The van der Waals surface area contributed by atoms with Gasteiger partial charge in [0.25, 0.3) is 5.91 Å². The summed E-state index contributed by atoms with van der Waals surface area (Å²) in [5.74, 6) is -1.67.